The summed E-state index contributed by atoms with van der Waals surface area (Å²) in [6.45, 7) is 4.11. The van der Waals surface area contributed by atoms with E-state index in [1.54, 1.807) is 0 Å². The molecule has 84 valence electrons. The molecule has 4 N–H and O–H groups in total. The number of amides is 1. The predicted octanol–water partition coefficient (Wildman–Crippen LogP) is 1.30. The number of aromatic nitrogens is 2. The van der Waals surface area contributed by atoms with Crippen LogP contribution in [0.2, 0.25) is 0 Å². The smallest absolute Gasteiger partial charge is 0.271 e. The zero-order valence-corrected chi connectivity index (χ0v) is 9.21. The minimum Gasteiger partial charge on any atom is -0.396 e. The summed E-state index contributed by atoms with van der Waals surface area (Å²) < 4.78 is 0. The van der Waals surface area contributed by atoms with Crippen LogP contribution in [0.25, 0.3) is 0 Å². The van der Waals surface area contributed by atoms with Crippen molar-refractivity contribution in [3.8, 4) is 0 Å². The van der Waals surface area contributed by atoms with Crippen molar-refractivity contribution >= 4 is 11.6 Å². The van der Waals surface area contributed by atoms with Gasteiger partial charge in [0.25, 0.3) is 5.91 Å². The molecule has 0 saturated heterocycles. The van der Waals surface area contributed by atoms with E-state index in [0.29, 0.717) is 11.4 Å². The Labute approximate surface area is 89.4 Å². The van der Waals surface area contributed by atoms with Crippen molar-refractivity contribution in [3.63, 3.8) is 0 Å². The number of nitrogen functional groups attached to an aromatic ring is 1. The number of anilines is 1. The summed E-state index contributed by atoms with van der Waals surface area (Å²) in [5, 5.41) is 9.15. The van der Waals surface area contributed by atoms with E-state index in [1.165, 1.54) is 6.20 Å². The van der Waals surface area contributed by atoms with E-state index in [4.69, 9.17) is 5.73 Å². The molecule has 1 heterocycles. The van der Waals surface area contributed by atoms with Crippen LogP contribution in [0.3, 0.4) is 0 Å². The maximum Gasteiger partial charge on any atom is 0.271 e. The van der Waals surface area contributed by atoms with E-state index in [2.05, 4.69) is 22.4 Å². The van der Waals surface area contributed by atoms with Crippen molar-refractivity contribution < 1.29 is 4.79 Å². The van der Waals surface area contributed by atoms with Gasteiger partial charge in [0, 0.05) is 6.04 Å². The molecule has 0 fully saturated rings. The molecule has 0 bridgehead atoms. The summed E-state index contributed by atoms with van der Waals surface area (Å²) in [6.07, 6.45) is 4.66. The van der Waals surface area contributed by atoms with E-state index >= 15 is 0 Å². The van der Waals surface area contributed by atoms with Crippen LogP contribution in [-0.4, -0.2) is 22.1 Å². The Morgan fingerprint density at radius 3 is 3.00 bits per heavy atom. The van der Waals surface area contributed by atoms with Gasteiger partial charge in [0.2, 0.25) is 0 Å². The zero-order valence-electron chi connectivity index (χ0n) is 9.21. The molecule has 0 aromatic carbocycles. The minimum atomic E-state index is -0.186. The lowest BCUT2D eigenvalue weighted by Crippen LogP contribution is -2.33. The van der Waals surface area contributed by atoms with Gasteiger partial charge in [0.1, 0.15) is 5.69 Å². The summed E-state index contributed by atoms with van der Waals surface area (Å²) in [6, 6.07) is 0.167. The minimum absolute atomic E-state index is 0.167. The number of aromatic amines is 1. The first-order valence-corrected chi connectivity index (χ1v) is 5.24. The van der Waals surface area contributed by atoms with E-state index < -0.39 is 0 Å². The zero-order chi connectivity index (χ0) is 11.3. The van der Waals surface area contributed by atoms with Crippen LogP contribution in [-0.2, 0) is 0 Å². The van der Waals surface area contributed by atoms with Gasteiger partial charge < -0.3 is 11.1 Å². The number of rotatable bonds is 5. The topological polar surface area (TPSA) is 83.8 Å². The Morgan fingerprint density at radius 1 is 1.73 bits per heavy atom. The highest BCUT2D eigenvalue weighted by molar-refractivity contribution is 5.97. The molecule has 1 amide bonds. The van der Waals surface area contributed by atoms with E-state index in [1.807, 2.05) is 6.92 Å². The van der Waals surface area contributed by atoms with Crippen LogP contribution in [0.4, 0.5) is 5.69 Å². The lowest BCUT2D eigenvalue weighted by Gasteiger charge is -2.12. The van der Waals surface area contributed by atoms with Crippen molar-refractivity contribution in [3.05, 3.63) is 11.9 Å². The Bertz CT molecular complexity index is 321. The van der Waals surface area contributed by atoms with Gasteiger partial charge in [-0.25, -0.2) is 0 Å². The summed E-state index contributed by atoms with van der Waals surface area (Å²) in [5.74, 6) is -0.186. The fraction of sp³-hybridized carbons (Fsp3) is 0.600. The number of nitrogens with one attached hydrogen (secondary N) is 2. The van der Waals surface area contributed by atoms with Crippen LogP contribution in [0.15, 0.2) is 6.20 Å². The Morgan fingerprint density at radius 2 is 2.47 bits per heavy atom. The Kier molecular flexibility index (Phi) is 4.15. The van der Waals surface area contributed by atoms with E-state index in [9.17, 15) is 4.79 Å². The lowest BCUT2D eigenvalue weighted by molar-refractivity contribution is 0.0934. The number of nitrogens with zero attached hydrogens (tertiary/aromatic N) is 1. The SMILES string of the molecule is CCCCC(C)NC(=O)c1[nH]ncc1N. The maximum absolute atomic E-state index is 11.6. The molecule has 1 atom stereocenters. The molecule has 0 aliphatic heterocycles. The van der Waals surface area contributed by atoms with Crippen molar-refractivity contribution in [1.29, 1.82) is 0 Å². The first-order chi connectivity index (χ1) is 7.15. The first-order valence-electron chi connectivity index (χ1n) is 5.24. The summed E-state index contributed by atoms with van der Waals surface area (Å²) in [7, 11) is 0. The number of hydrogen-bond acceptors (Lipinski definition) is 3. The normalized spacial score (nSPS) is 12.4. The largest absolute Gasteiger partial charge is 0.396 e. The number of carbonyl (C=O) groups excluding carboxylic acids is 1. The molecular weight excluding hydrogens is 192 g/mol. The molecule has 0 radical (unpaired) electrons. The van der Waals surface area contributed by atoms with Crippen LogP contribution in [0.1, 0.15) is 43.6 Å². The molecule has 0 aliphatic carbocycles. The number of unbranched alkanes of at least 4 members (excludes halogenated alkanes) is 1. The van der Waals surface area contributed by atoms with E-state index in [-0.39, 0.29) is 11.9 Å². The predicted molar refractivity (Wildman–Crippen MR) is 59.5 cm³/mol. The fourth-order valence-electron chi connectivity index (χ4n) is 1.36. The number of H-pyrrole nitrogens is 1. The van der Waals surface area contributed by atoms with Crippen LogP contribution >= 0.6 is 0 Å². The summed E-state index contributed by atoms with van der Waals surface area (Å²) >= 11 is 0. The lowest BCUT2D eigenvalue weighted by atomic mass is 10.1. The van der Waals surface area contributed by atoms with Gasteiger partial charge in [-0.15, -0.1) is 0 Å². The number of hydrogen-bond donors (Lipinski definition) is 3. The molecule has 1 aromatic heterocycles. The number of carbonyl (C=O) groups is 1. The summed E-state index contributed by atoms with van der Waals surface area (Å²) in [4.78, 5) is 11.6. The second-order valence-electron chi connectivity index (χ2n) is 3.72. The van der Waals surface area contributed by atoms with Crippen molar-refractivity contribution in [2.75, 3.05) is 5.73 Å². The molecule has 0 spiro atoms. The fourth-order valence-corrected chi connectivity index (χ4v) is 1.36. The van der Waals surface area contributed by atoms with Gasteiger partial charge in [-0.1, -0.05) is 19.8 Å². The third kappa shape index (κ3) is 3.27. The average Bonchev–Trinajstić information content (AvgIpc) is 2.61. The standard InChI is InChI=1S/C10H18N4O/c1-3-4-5-7(2)13-10(15)9-8(11)6-12-14-9/h6-7H,3-5,11H2,1-2H3,(H,12,14)(H,13,15). The first kappa shape index (κ1) is 11.6. The van der Waals surface area contributed by atoms with Gasteiger partial charge in [0.15, 0.2) is 0 Å². The van der Waals surface area contributed by atoms with Gasteiger partial charge in [-0.3, -0.25) is 9.89 Å². The second kappa shape index (κ2) is 5.38. The highest BCUT2D eigenvalue weighted by Gasteiger charge is 2.13. The average molecular weight is 210 g/mol. The molecule has 1 aromatic rings. The van der Waals surface area contributed by atoms with Crippen LogP contribution < -0.4 is 11.1 Å². The van der Waals surface area contributed by atoms with Crippen molar-refractivity contribution in [2.24, 2.45) is 0 Å². The van der Waals surface area contributed by atoms with Crippen molar-refractivity contribution in [2.45, 2.75) is 39.2 Å². The van der Waals surface area contributed by atoms with Gasteiger partial charge >= 0.3 is 0 Å². The Balaban J connectivity index is 2.46. The van der Waals surface area contributed by atoms with Crippen LogP contribution in [0, 0.1) is 0 Å². The number of nitrogens with two attached hydrogens (primary N) is 1. The van der Waals surface area contributed by atoms with Gasteiger partial charge in [-0.2, -0.15) is 5.10 Å². The third-order valence-electron chi connectivity index (χ3n) is 2.26. The molecule has 0 saturated carbocycles. The molecule has 15 heavy (non-hydrogen) atoms. The van der Waals surface area contributed by atoms with Crippen molar-refractivity contribution in [1.82, 2.24) is 15.5 Å². The highest BCUT2D eigenvalue weighted by Crippen LogP contribution is 2.07. The highest BCUT2D eigenvalue weighted by atomic mass is 16.2. The molecule has 1 unspecified atom stereocenters. The maximum atomic E-state index is 11.6. The molecule has 0 aliphatic rings. The quantitative estimate of drug-likeness (QED) is 0.685. The molecular formula is C10H18N4O. The Hall–Kier alpha value is -1.52. The monoisotopic (exact) mass is 210 g/mol. The van der Waals surface area contributed by atoms with Gasteiger partial charge in [0.05, 0.1) is 11.9 Å². The second-order valence-corrected chi connectivity index (χ2v) is 3.72. The van der Waals surface area contributed by atoms with E-state index in [0.717, 1.165) is 19.3 Å². The van der Waals surface area contributed by atoms with Gasteiger partial charge in [-0.05, 0) is 13.3 Å². The third-order valence-corrected chi connectivity index (χ3v) is 2.26. The summed E-state index contributed by atoms with van der Waals surface area (Å²) in [5.41, 5.74) is 6.29. The van der Waals surface area contributed by atoms with Crippen LogP contribution in [0.5, 0.6) is 0 Å². The molecule has 5 heteroatoms. The molecule has 1 rings (SSSR count). The molecule has 5 nitrogen and oxygen atoms in total.